The van der Waals surface area contributed by atoms with Crippen molar-refractivity contribution >= 4 is 5.96 Å². The second kappa shape index (κ2) is 13.3. The Morgan fingerprint density at radius 3 is 2.58 bits per heavy atom. The van der Waals surface area contributed by atoms with E-state index in [9.17, 15) is 0 Å². The summed E-state index contributed by atoms with van der Waals surface area (Å²) in [5, 5.41) is 6.69. The minimum atomic E-state index is 0.635. The summed E-state index contributed by atoms with van der Waals surface area (Å²) in [6.45, 7) is 8.37. The molecule has 0 aliphatic carbocycles. The number of benzene rings is 1. The second-order valence-electron chi connectivity index (χ2n) is 6.37. The molecule has 0 aliphatic heterocycles. The van der Waals surface area contributed by atoms with Crippen molar-refractivity contribution in [2.75, 3.05) is 54.0 Å². The summed E-state index contributed by atoms with van der Waals surface area (Å²) in [6, 6.07) is 6.13. The molecule has 0 amide bonds. The molecule has 0 saturated heterocycles. The van der Waals surface area contributed by atoms with Crippen LogP contribution < -0.4 is 20.1 Å². The quantitative estimate of drug-likeness (QED) is 0.339. The number of hydrogen-bond acceptors (Lipinski definition) is 4. The summed E-state index contributed by atoms with van der Waals surface area (Å²) in [6.07, 6.45) is 3.06. The van der Waals surface area contributed by atoms with Gasteiger partial charge in [-0.25, -0.2) is 0 Å². The van der Waals surface area contributed by atoms with Gasteiger partial charge in [-0.2, -0.15) is 0 Å². The number of aliphatic imine (C=N–C) groups is 1. The van der Waals surface area contributed by atoms with Gasteiger partial charge in [-0.1, -0.05) is 6.07 Å². The van der Waals surface area contributed by atoms with Gasteiger partial charge in [-0.15, -0.1) is 0 Å². The van der Waals surface area contributed by atoms with Crippen molar-refractivity contribution in [3.8, 4) is 11.5 Å². The lowest BCUT2D eigenvalue weighted by Gasteiger charge is -2.13. The number of nitrogens with zero attached hydrogens (tertiary/aromatic N) is 2. The second-order valence-corrected chi connectivity index (χ2v) is 6.37. The molecule has 0 unspecified atom stereocenters. The zero-order valence-corrected chi connectivity index (χ0v) is 17.1. The molecule has 0 atom stereocenters. The first-order valence-corrected chi connectivity index (χ1v) is 9.57. The number of rotatable bonds is 12. The van der Waals surface area contributed by atoms with Crippen LogP contribution in [0.5, 0.6) is 11.5 Å². The Labute approximate surface area is 159 Å². The maximum atomic E-state index is 5.64. The topological polar surface area (TPSA) is 58.1 Å². The summed E-state index contributed by atoms with van der Waals surface area (Å²) in [4.78, 5) is 6.85. The first kappa shape index (κ1) is 22.1. The molecule has 0 aliphatic rings. The summed E-state index contributed by atoms with van der Waals surface area (Å²) >= 11 is 0. The highest BCUT2D eigenvalue weighted by atomic mass is 16.5. The molecule has 0 saturated carbocycles. The molecule has 148 valence electrons. The maximum Gasteiger partial charge on any atom is 0.191 e. The van der Waals surface area contributed by atoms with Crippen LogP contribution in [0, 0.1) is 0 Å². The molecule has 2 N–H and O–H groups in total. The number of ether oxygens (including phenoxy) is 2. The van der Waals surface area contributed by atoms with E-state index in [0.717, 1.165) is 62.9 Å². The molecule has 0 radical (unpaired) electrons. The SMILES string of the molecule is CCNC(=NCCCc1ccc(OC)c(OCC)c1)NCCCN(C)C. The molecule has 0 spiro atoms. The Balaban J connectivity index is 2.45. The minimum Gasteiger partial charge on any atom is -0.493 e. The number of guanidine groups is 1. The number of hydrogen-bond donors (Lipinski definition) is 2. The largest absolute Gasteiger partial charge is 0.493 e. The Bertz CT molecular complexity index is 533. The van der Waals surface area contributed by atoms with E-state index in [-0.39, 0.29) is 0 Å². The van der Waals surface area contributed by atoms with Crippen LogP contribution in [-0.2, 0) is 6.42 Å². The van der Waals surface area contributed by atoms with E-state index in [1.54, 1.807) is 7.11 Å². The van der Waals surface area contributed by atoms with E-state index in [2.05, 4.69) is 53.7 Å². The minimum absolute atomic E-state index is 0.635. The van der Waals surface area contributed by atoms with Gasteiger partial charge in [-0.05, 0) is 71.4 Å². The predicted octanol–water partition coefficient (Wildman–Crippen LogP) is 2.53. The smallest absolute Gasteiger partial charge is 0.191 e. The highest BCUT2D eigenvalue weighted by Gasteiger charge is 2.05. The van der Waals surface area contributed by atoms with E-state index in [1.165, 1.54) is 5.56 Å². The third kappa shape index (κ3) is 8.94. The van der Waals surface area contributed by atoms with Gasteiger partial charge < -0.3 is 25.0 Å². The lowest BCUT2D eigenvalue weighted by atomic mass is 10.1. The fourth-order valence-electron chi connectivity index (χ4n) is 2.56. The first-order chi connectivity index (χ1) is 12.6. The van der Waals surface area contributed by atoms with E-state index in [4.69, 9.17) is 9.47 Å². The van der Waals surface area contributed by atoms with Crippen molar-refractivity contribution in [3.63, 3.8) is 0 Å². The van der Waals surface area contributed by atoms with Crippen molar-refractivity contribution < 1.29 is 9.47 Å². The standard InChI is InChI=1S/C20H36N4O2/c1-6-21-20(23-14-9-15-24(3)4)22-13-8-10-17-11-12-18(25-5)19(16-17)26-7-2/h11-12,16H,6-10,13-15H2,1-5H3,(H2,21,22,23). The van der Waals surface area contributed by atoms with Crippen molar-refractivity contribution in [3.05, 3.63) is 23.8 Å². The molecule has 6 heteroatoms. The van der Waals surface area contributed by atoms with Crippen LogP contribution in [0.15, 0.2) is 23.2 Å². The average Bonchev–Trinajstić information content (AvgIpc) is 2.62. The molecular formula is C20H36N4O2. The summed E-state index contributed by atoms with van der Waals surface area (Å²) < 4.78 is 11.0. The van der Waals surface area contributed by atoms with E-state index < -0.39 is 0 Å². The maximum absolute atomic E-state index is 5.64. The monoisotopic (exact) mass is 364 g/mol. The van der Waals surface area contributed by atoms with E-state index in [0.29, 0.717) is 6.61 Å². The summed E-state index contributed by atoms with van der Waals surface area (Å²) in [5.41, 5.74) is 1.24. The number of aryl methyl sites for hydroxylation is 1. The molecule has 6 nitrogen and oxygen atoms in total. The van der Waals surface area contributed by atoms with Crippen LogP contribution in [0.4, 0.5) is 0 Å². The Kier molecular flexibility index (Phi) is 11.3. The molecular weight excluding hydrogens is 328 g/mol. The average molecular weight is 365 g/mol. The Morgan fingerprint density at radius 1 is 1.12 bits per heavy atom. The van der Waals surface area contributed by atoms with Gasteiger partial charge >= 0.3 is 0 Å². The van der Waals surface area contributed by atoms with Gasteiger partial charge in [-0.3, -0.25) is 4.99 Å². The van der Waals surface area contributed by atoms with E-state index >= 15 is 0 Å². The lowest BCUT2D eigenvalue weighted by molar-refractivity contribution is 0.310. The summed E-state index contributed by atoms with van der Waals surface area (Å²) in [7, 11) is 5.85. The number of methoxy groups -OCH3 is 1. The molecule has 1 rings (SSSR count). The van der Waals surface area contributed by atoms with Gasteiger partial charge in [0.2, 0.25) is 0 Å². The predicted molar refractivity (Wildman–Crippen MR) is 110 cm³/mol. The van der Waals surface area contributed by atoms with Gasteiger partial charge in [0.25, 0.3) is 0 Å². The zero-order chi connectivity index (χ0) is 19.2. The fraction of sp³-hybridized carbons (Fsp3) is 0.650. The van der Waals surface area contributed by atoms with Crippen LogP contribution >= 0.6 is 0 Å². The molecule has 1 aromatic carbocycles. The Morgan fingerprint density at radius 2 is 1.92 bits per heavy atom. The Hall–Kier alpha value is -1.95. The van der Waals surface area contributed by atoms with Gasteiger partial charge in [0.1, 0.15) is 0 Å². The first-order valence-electron chi connectivity index (χ1n) is 9.57. The van der Waals surface area contributed by atoms with Crippen molar-refractivity contribution in [1.82, 2.24) is 15.5 Å². The molecule has 0 heterocycles. The summed E-state index contributed by atoms with van der Waals surface area (Å²) in [5.74, 6) is 2.49. The fourth-order valence-corrected chi connectivity index (χ4v) is 2.56. The molecule has 1 aromatic rings. The van der Waals surface area contributed by atoms with Gasteiger partial charge in [0.15, 0.2) is 17.5 Å². The molecule has 0 aromatic heterocycles. The highest BCUT2D eigenvalue weighted by molar-refractivity contribution is 5.79. The van der Waals surface area contributed by atoms with Crippen LogP contribution in [0.1, 0.15) is 32.3 Å². The van der Waals surface area contributed by atoms with Gasteiger partial charge in [0, 0.05) is 19.6 Å². The van der Waals surface area contributed by atoms with Crippen molar-refractivity contribution in [2.45, 2.75) is 33.1 Å². The lowest BCUT2D eigenvalue weighted by Crippen LogP contribution is -2.38. The van der Waals surface area contributed by atoms with Crippen LogP contribution in [-0.4, -0.2) is 64.9 Å². The van der Waals surface area contributed by atoms with Crippen LogP contribution in [0.2, 0.25) is 0 Å². The normalized spacial score (nSPS) is 11.5. The van der Waals surface area contributed by atoms with Crippen LogP contribution in [0.3, 0.4) is 0 Å². The zero-order valence-electron chi connectivity index (χ0n) is 17.1. The molecule has 0 fully saturated rings. The highest BCUT2D eigenvalue weighted by Crippen LogP contribution is 2.28. The van der Waals surface area contributed by atoms with E-state index in [1.807, 2.05) is 13.0 Å². The third-order valence-corrected chi connectivity index (χ3v) is 3.84. The third-order valence-electron chi connectivity index (χ3n) is 3.84. The van der Waals surface area contributed by atoms with Crippen molar-refractivity contribution in [2.24, 2.45) is 4.99 Å². The number of nitrogens with one attached hydrogen (secondary N) is 2. The van der Waals surface area contributed by atoms with Crippen LogP contribution in [0.25, 0.3) is 0 Å². The molecule has 26 heavy (non-hydrogen) atoms. The molecule has 0 bridgehead atoms. The van der Waals surface area contributed by atoms with Crippen molar-refractivity contribution in [1.29, 1.82) is 0 Å². The van der Waals surface area contributed by atoms with Gasteiger partial charge in [0.05, 0.1) is 13.7 Å².